The number of amides is 1. The second-order valence-electron chi connectivity index (χ2n) is 4.42. The molecule has 0 bridgehead atoms. The van der Waals surface area contributed by atoms with E-state index in [-0.39, 0.29) is 11.2 Å². The first-order valence-electron chi connectivity index (χ1n) is 6.19. The van der Waals surface area contributed by atoms with Crippen LogP contribution in [-0.2, 0) is 4.79 Å². The fourth-order valence-electron chi connectivity index (χ4n) is 2.04. The van der Waals surface area contributed by atoms with Crippen molar-refractivity contribution in [2.75, 3.05) is 5.75 Å². The van der Waals surface area contributed by atoms with E-state index >= 15 is 0 Å². The zero-order valence-electron chi connectivity index (χ0n) is 10.9. The summed E-state index contributed by atoms with van der Waals surface area (Å²) < 4.78 is 0. The third-order valence-corrected chi connectivity index (χ3v) is 4.28. The molecule has 0 radical (unpaired) electrons. The summed E-state index contributed by atoms with van der Waals surface area (Å²) in [5.41, 5.74) is 8.94. The fourth-order valence-corrected chi connectivity index (χ4v) is 3.16. The third-order valence-electron chi connectivity index (χ3n) is 2.97. The normalized spacial score (nSPS) is 12.1. The van der Waals surface area contributed by atoms with E-state index in [0.29, 0.717) is 5.75 Å². The number of aryl methyl sites for hydroxylation is 1. The van der Waals surface area contributed by atoms with Crippen LogP contribution in [-0.4, -0.2) is 11.7 Å². The van der Waals surface area contributed by atoms with E-state index in [2.05, 4.69) is 31.2 Å². The summed E-state index contributed by atoms with van der Waals surface area (Å²) >= 11 is 1.58. The highest BCUT2D eigenvalue weighted by atomic mass is 32.2. The summed E-state index contributed by atoms with van der Waals surface area (Å²) in [5.74, 6) is 0.0491. The Hall–Kier alpha value is -1.74. The van der Waals surface area contributed by atoms with Gasteiger partial charge in [0.2, 0.25) is 5.91 Å². The number of hydrogen-bond acceptors (Lipinski definition) is 2. The summed E-state index contributed by atoms with van der Waals surface area (Å²) in [6.07, 6.45) is 0. The Morgan fingerprint density at radius 2 is 1.74 bits per heavy atom. The van der Waals surface area contributed by atoms with Gasteiger partial charge in [0, 0.05) is 0 Å². The van der Waals surface area contributed by atoms with Crippen LogP contribution in [0, 0.1) is 6.92 Å². The molecule has 2 aromatic rings. The van der Waals surface area contributed by atoms with Crippen molar-refractivity contribution in [3.05, 3.63) is 71.3 Å². The molecule has 0 saturated heterocycles. The van der Waals surface area contributed by atoms with Crippen LogP contribution in [0.2, 0.25) is 0 Å². The van der Waals surface area contributed by atoms with Crippen LogP contribution < -0.4 is 5.73 Å². The Labute approximate surface area is 118 Å². The smallest absolute Gasteiger partial charge is 0.227 e. The number of rotatable bonds is 5. The number of thioether (sulfide) groups is 1. The summed E-state index contributed by atoms with van der Waals surface area (Å²) in [6.45, 7) is 2.09. The summed E-state index contributed by atoms with van der Waals surface area (Å²) in [6, 6.07) is 18.5. The van der Waals surface area contributed by atoms with E-state index in [1.165, 1.54) is 16.7 Å². The average molecular weight is 271 g/mol. The standard InChI is InChI=1S/C16H17NOS/c1-12-7-5-6-10-14(12)16(19-11-15(17)18)13-8-3-2-4-9-13/h2-10,16H,11H2,1H3,(H2,17,18)/t16-/m1/s1. The van der Waals surface area contributed by atoms with Crippen LogP contribution in [0.25, 0.3) is 0 Å². The molecule has 19 heavy (non-hydrogen) atoms. The highest BCUT2D eigenvalue weighted by molar-refractivity contribution is 8.00. The number of benzene rings is 2. The Bertz CT molecular complexity index is 554. The predicted octanol–water partition coefficient (Wildman–Crippen LogP) is 3.30. The van der Waals surface area contributed by atoms with Crippen LogP contribution in [0.5, 0.6) is 0 Å². The van der Waals surface area contributed by atoms with Crippen LogP contribution in [0.3, 0.4) is 0 Å². The van der Waals surface area contributed by atoms with Gasteiger partial charge in [-0.15, -0.1) is 11.8 Å². The average Bonchev–Trinajstić information content (AvgIpc) is 2.42. The summed E-state index contributed by atoms with van der Waals surface area (Å²) in [5, 5.41) is 0.148. The Kier molecular flexibility index (Phi) is 4.63. The second-order valence-corrected chi connectivity index (χ2v) is 5.52. The molecule has 0 fully saturated rings. The molecule has 3 heteroatoms. The minimum Gasteiger partial charge on any atom is -0.369 e. The molecule has 2 rings (SSSR count). The maximum absolute atomic E-state index is 11.1. The lowest BCUT2D eigenvalue weighted by molar-refractivity contribution is -0.115. The highest BCUT2D eigenvalue weighted by Gasteiger charge is 2.17. The lowest BCUT2D eigenvalue weighted by Crippen LogP contribution is -2.14. The molecule has 1 atom stereocenters. The Morgan fingerprint density at radius 3 is 2.37 bits per heavy atom. The van der Waals surface area contributed by atoms with Crippen molar-refractivity contribution in [1.82, 2.24) is 0 Å². The maximum atomic E-state index is 11.1. The number of carbonyl (C=O) groups is 1. The van der Waals surface area contributed by atoms with E-state index in [0.717, 1.165) is 0 Å². The molecule has 0 aliphatic carbocycles. The molecule has 0 saturated carbocycles. The summed E-state index contributed by atoms with van der Waals surface area (Å²) in [4.78, 5) is 11.1. The molecule has 2 aromatic carbocycles. The minimum atomic E-state index is -0.278. The first kappa shape index (κ1) is 13.7. The monoisotopic (exact) mass is 271 g/mol. The summed E-state index contributed by atoms with van der Waals surface area (Å²) in [7, 11) is 0. The number of hydrogen-bond donors (Lipinski definition) is 1. The zero-order valence-corrected chi connectivity index (χ0v) is 11.7. The molecule has 0 spiro atoms. The van der Waals surface area contributed by atoms with Crippen molar-refractivity contribution in [2.24, 2.45) is 5.73 Å². The van der Waals surface area contributed by atoms with Crippen LogP contribution >= 0.6 is 11.8 Å². The molecule has 1 amide bonds. The maximum Gasteiger partial charge on any atom is 0.227 e. The number of primary amides is 1. The number of carbonyl (C=O) groups excluding carboxylic acids is 1. The number of nitrogens with two attached hydrogens (primary N) is 1. The van der Waals surface area contributed by atoms with Gasteiger partial charge in [-0.25, -0.2) is 0 Å². The van der Waals surface area contributed by atoms with Crippen molar-refractivity contribution in [2.45, 2.75) is 12.2 Å². The van der Waals surface area contributed by atoms with Gasteiger partial charge in [0.25, 0.3) is 0 Å². The molecule has 98 valence electrons. The van der Waals surface area contributed by atoms with Crippen molar-refractivity contribution in [3.63, 3.8) is 0 Å². The molecule has 2 nitrogen and oxygen atoms in total. The quantitative estimate of drug-likeness (QED) is 0.906. The van der Waals surface area contributed by atoms with Gasteiger partial charge in [0.1, 0.15) is 0 Å². The van der Waals surface area contributed by atoms with E-state index < -0.39 is 0 Å². The van der Waals surface area contributed by atoms with Crippen molar-refractivity contribution in [1.29, 1.82) is 0 Å². The van der Waals surface area contributed by atoms with E-state index in [9.17, 15) is 4.79 Å². The molecular weight excluding hydrogens is 254 g/mol. The highest BCUT2D eigenvalue weighted by Crippen LogP contribution is 2.36. The van der Waals surface area contributed by atoms with Crippen LogP contribution in [0.4, 0.5) is 0 Å². The SMILES string of the molecule is Cc1ccccc1[C@H](SCC(N)=O)c1ccccc1. The van der Waals surface area contributed by atoms with E-state index in [1.54, 1.807) is 11.8 Å². The zero-order chi connectivity index (χ0) is 13.7. The fraction of sp³-hybridized carbons (Fsp3) is 0.188. The van der Waals surface area contributed by atoms with E-state index in [4.69, 9.17) is 5.73 Å². The molecule has 0 aliphatic heterocycles. The van der Waals surface area contributed by atoms with Gasteiger partial charge < -0.3 is 5.73 Å². The minimum absolute atomic E-state index is 0.148. The Morgan fingerprint density at radius 1 is 1.11 bits per heavy atom. The van der Waals surface area contributed by atoms with Crippen molar-refractivity contribution in [3.8, 4) is 0 Å². The van der Waals surface area contributed by atoms with E-state index in [1.807, 2.05) is 30.3 Å². The lowest BCUT2D eigenvalue weighted by Gasteiger charge is -2.19. The third kappa shape index (κ3) is 3.61. The predicted molar refractivity (Wildman–Crippen MR) is 81.1 cm³/mol. The van der Waals surface area contributed by atoms with Gasteiger partial charge in [-0.2, -0.15) is 0 Å². The molecule has 0 aromatic heterocycles. The molecule has 0 heterocycles. The first-order chi connectivity index (χ1) is 9.18. The first-order valence-corrected chi connectivity index (χ1v) is 7.23. The topological polar surface area (TPSA) is 43.1 Å². The second kappa shape index (κ2) is 6.43. The van der Waals surface area contributed by atoms with Crippen molar-refractivity contribution < 1.29 is 4.79 Å². The Balaban J connectivity index is 2.35. The lowest BCUT2D eigenvalue weighted by atomic mass is 10.0. The van der Waals surface area contributed by atoms with Crippen LogP contribution in [0.15, 0.2) is 54.6 Å². The van der Waals surface area contributed by atoms with Gasteiger partial charge in [-0.3, -0.25) is 4.79 Å². The molecule has 0 unspecified atom stereocenters. The largest absolute Gasteiger partial charge is 0.369 e. The van der Waals surface area contributed by atoms with Gasteiger partial charge >= 0.3 is 0 Å². The van der Waals surface area contributed by atoms with Gasteiger partial charge in [-0.05, 0) is 23.6 Å². The van der Waals surface area contributed by atoms with Gasteiger partial charge in [0.15, 0.2) is 0 Å². The van der Waals surface area contributed by atoms with Gasteiger partial charge in [-0.1, -0.05) is 54.6 Å². The van der Waals surface area contributed by atoms with Gasteiger partial charge in [0.05, 0.1) is 11.0 Å². The molecule has 0 aliphatic rings. The van der Waals surface area contributed by atoms with Crippen molar-refractivity contribution >= 4 is 17.7 Å². The molecular formula is C16H17NOS. The molecule has 2 N–H and O–H groups in total. The van der Waals surface area contributed by atoms with Crippen LogP contribution in [0.1, 0.15) is 21.9 Å².